The summed E-state index contributed by atoms with van der Waals surface area (Å²) in [5, 5.41) is 0.757. The molecule has 5 heteroatoms. The van der Waals surface area contributed by atoms with Gasteiger partial charge in [-0.05, 0) is 31.2 Å². The van der Waals surface area contributed by atoms with Gasteiger partial charge in [0.05, 0.1) is 6.61 Å². The molecule has 17 heavy (non-hydrogen) atoms. The standard InChI is InChI=1S/C12H9BrO4/c1-2-16-12(15)11(14)10-6-7-5-8(13)3-4-9(7)17-10/h3-6H,2H2,1H3. The molecule has 0 aliphatic carbocycles. The fourth-order valence-electron chi connectivity index (χ4n) is 1.42. The molecular weight excluding hydrogens is 288 g/mol. The van der Waals surface area contributed by atoms with Crippen LogP contribution in [0.5, 0.6) is 0 Å². The lowest BCUT2D eigenvalue weighted by molar-refractivity contribution is -0.137. The first kappa shape index (κ1) is 11.9. The lowest BCUT2D eigenvalue weighted by atomic mass is 10.2. The normalized spacial score (nSPS) is 10.5. The lowest BCUT2D eigenvalue weighted by Gasteiger charge is -1.96. The van der Waals surface area contributed by atoms with E-state index >= 15 is 0 Å². The van der Waals surface area contributed by atoms with Crippen molar-refractivity contribution in [2.24, 2.45) is 0 Å². The molecule has 2 aromatic rings. The van der Waals surface area contributed by atoms with Crippen LogP contribution in [0.25, 0.3) is 11.0 Å². The number of Topliss-reactive ketones (excluding diaryl/α,β-unsaturated/α-hetero) is 1. The number of rotatable bonds is 3. The Kier molecular flexibility index (Phi) is 3.28. The molecule has 2 rings (SSSR count). The zero-order valence-corrected chi connectivity index (χ0v) is 10.6. The van der Waals surface area contributed by atoms with Crippen LogP contribution in [-0.4, -0.2) is 18.4 Å². The number of carbonyl (C=O) groups excluding carboxylic acids is 2. The maximum absolute atomic E-state index is 11.6. The molecule has 0 saturated carbocycles. The van der Waals surface area contributed by atoms with E-state index in [2.05, 4.69) is 20.7 Å². The molecule has 1 aromatic heterocycles. The molecule has 88 valence electrons. The van der Waals surface area contributed by atoms with E-state index in [0.29, 0.717) is 5.58 Å². The number of esters is 1. The Morgan fingerprint density at radius 3 is 2.82 bits per heavy atom. The van der Waals surface area contributed by atoms with Gasteiger partial charge in [-0.3, -0.25) is 4.79 Å². The smallest absolute Gasteiger partial charge is 0.383 e. The summed E-state index contributed by atoms with van der Waals surface area (Å²) in [4.78, 5) is 22.9. The number of carbonyl (C=O) groups is 2. The summed E-state index contributed by atoms with van der Waals surface area (Å²) < 4.78 is 10.8. The van der Waals surface area contributed by atoms with Gasteiger partial charge in [-0.2, -0.15) is 0 Å². The van der Waals surface area contributed by atoms with Crippen LogP contribution in [0.2, 0.25) is 0 Å². The van der Waals surface area contributed by atoms with E-state index in [1.165, 1.54) is 6.07 Å². The molecule has 0 amide bonds. The molecule has 4 nitrogen and oxygen atoms in total. The maximum Gasteiger partial charge on any atom is 0.383 e. The average Bonchev–Trinajstić information content (AvgIpc) is 2.71. The number of ketones is 1. The summed E-state index contributed by atoms with van der Waals surface area (Å²) >= 11 is 3.31. The minimum Gasteiger partial charge on any atom is -0.460 e. The van der Waals surface area contributed by atoms with Crippen molar-refractivity contribution < 1.29 is 18.7 Å². The molecule has 0 aliphatic heterocycles. The summed E-state index contributed by atoms with van der Waals surface area (Å²) in [5.74, 6) is -1.67. The quantitative estimate of drug-likeness (QED) is 0.496. The molecule has 0 saturated heterocycles. The van der Waals surface area contributed by atoms with Crippen LogP contribution in [0.3, 0.4) is 0 Å². The second kappa shape index (κ2) is 4.71. The van der Waals surface area contributed by atoms with Crippen LogP contribution in [0.4, 0.5) is 0 Å². The Bertz CT molecular complexity index is 585. The highest BCUT2D eigenvalue weighted by atomic mass is 79.9. The second-order valence-electron chi connectivity index (χ2n) is 3.34. The third-order valence-corrected chi connectivity index (χ3v) is 2.66. The largest absolute Gasteiger partial charge is 0.460 e. The highest BCUT2D eigenvalue weighted by Gasteiger charge is 2.21. The van der Waals surface area contributed by atoms with Crippen molar-refractivity contribution in [1.29, 1.82) is 0 Å². The summed E-state index contributed by atoms with van der Waals surface area (Å²) in [6.45, 7) is 1.80. The first-order chi connectivity index (χ1) is 8.11. The fourth-order valence-corrected chi connectivity index (χ4v) is 1.80. The van der Waals surface area contributed by atoms with Gasteiger partial charge < -0.3 is 9.15 Å². The topological polar surface area (TPSA) is 56.5 Å². The Morgan fingerprint density at radius 1 is 1.35 bits per heavy atom. The predicted molar refractivity (Wildman–Crippen MR) is 64.9 cm³/mol. The van der Waals surface area contributed by atoms with Crippen molar-refractivity contribution in [1.82, 2.24) is 0 Å². The van der Waals surface area contributed by atoms with Gasteiger partial charge in [-0.25, -0.2) is 4.79 Å². The lowest BCUT2D eigenvalue weighted by Crippen LogP contribution is -2.16. The van der Waals surface area contributed by atoms with E-state index < -0.39 is 11.8 Å². The van der Waals surface area contributed by atoms with E-state index in [9.17, 15) is 9.59 Å². The Balaban J connectivity index is 2.36. The van der Waals surface area contributed by atoms with E-state index in [1.807, 2.05) is 0 Å². The third kappa shape index (κ3) is 2.39. The highest BCUT2D eigenvalue weighted by Crippen LogP contribution is 2.23. The molecule has 0 bridgehead atoms. The van der Waals surface area contributed by atoms with Crippen LogP contribution in [-0.2, 0) is 9.53 Å². The summed E-state index contributed by atoms with van der Waals surface area (Å²) in [6.07, 6.45) is 0. The predicted octanol–water partition coefficient (Wildman–Crippen LogP) is 2.94. The van der Waals surface area contributed by atoms with Crippen LogP contribution < -0.4 is 0 Å². The molecule has 0 N–H and O–H groups in total. The molecule has 0 fully saturated rings. The van der Waals surface area contributed by atoms with Crippen molar-refractivity contribution in [3.05, 3.63) is 34.5 Å². The van der Waals surface area contributed by atoms with Crippen LogP contribution in [0.1, 0.15) is 17.5 Å². The fraction of sp³-hybridized carbons (Fsp3) is 0.167. The number of benzene rings is 1. The van der Waals surface area contributed by atoms with Gasteiger partial charge in [0.2, 0.25) is 0 Å². The Hall–Kier alpha value is -1.62. The summed E-state index contributed by atoms with van der Waals surface area (Å²) in [6, 6.07) is 6.85. The number of halogens is 1. The van der Waals surface area contributed by atoms with E-state index in [1.54, 1.807) is 25.1 Å². The van der Waals surface area contributed by atoms with Crippen molar-refractivity contribution in [2.45, 2.75) is 6.92 Å². The molecule has 0 aliphatic rings. The molecule has 1 heterocycles. The Labute approximate surface area is 106 Å². The van der Waals surface area contributed by atoms with Crippen molar-refractivity contribution in [3.8, 4) is 0 Å². The Morgan fingerprint density at radius 2 is 2.12 bits per heavy atom. The van der Waals surface area contributed by atoms with Gasteiger partial charge in [0, 0.05) is 9.86 Å². The molecular formula is C12H9BrO4. The van der Waals surface area contributed by atoms with Crippen LogP contribution in [0, 0.1) is 0 Å². The van der Waals surface area contributed by atoms with Gasteiger partial charge in [-0.1, -0.05) is 15.9 Å². The van der Waals surface area contributed by atoms with Gasteiger partial charge in [0.1, 0.15) is 5.58 Å². The van der Waals surface area contributed by atoms with Gasteiger partial charge in [0.25, 0.3) is 0 Å². The number of hydrogen-bond donors (Lipinski definition) is 0. The minimum atomic E-state index is -0.898. The van der Waals surface area contributed by atoms with Gasteiger partial charge in [0.15, 0.2) is 5.76 Å². The first-order valence-corrected chi connectivity index (χ1v) is 5.81. The number of ether oxygens (including phenoxy) is 1. The van der Waals surface area contributed by atoms with Crippen LogP contribution in [0.15, 0.2) is 33.2 Å². The summed E-state index contributed by atoms with van der Waals surface area (Å²) in [5.41, 5.74) is 0.556. The van der Waals surface area contributed by atoms with E-state index in [4.69, 9.17) is 4.42 Å². The van der Waals surface area contributed by atoms with E-state index in [-0.39, 0.29) is 12.4 Å². The monoisotopic (exact) mass is 296 g/mol. The number of fused-ring (bicyclic) bond motifs is 1. The molecule has 0 atom stereocenters. The van der Waals surface area contributed by atoms with Crippen LogP contribution >= 0.6 is 15.9 Å². The summed E-state index contributed by atoms with van der Waals surface area (Å²) in [7, 11) is 0. The molecule has 0 spiro atoms. The van der Waals surface area contributed by atoms with Crippen molar-refractivity contribution in [3.63, 3.8) is 0 Å². The zero-order chi connectivity index (χ0) is 12.4. The third-order valence-electron chi connectivity index (χ3n) is 2.16. The number of hydrogen-bond acceptors (Lipinski definition) is 4. The van der Waals surface area contributed by atoms with Gasteiger partial charge in [-0.15, -0.1) is 0 Å². The molecule has 1 aromatic carbocycles. The SMILES string of the molecule is CCOC(=O)C(=O)c1cc2cc(Br)ccc2o1. The molecule has 0 radical (unpaired) electrons. The van der Waals surface area contributed by atoms with E-state index in [0.717, 1.165) is 9.86 Å². The first-order valence-electron chi connectivity index (χ1n) is 5.02. The maximum atomic E-state index is 11.6. The number of furan rings is 1. The highest BCUT2D eigenvalue weighted by molar-refractivity contribution is 9.10. The zero-order valence-electron chi connectivity index (χ0n) is 9.03. The van der Waals surface area contributed by atoms with Crippen molar-refractivity contribution in [2.75, 3.05) is 6.61 Å². The molecule has 0 unspecified atom stereocenters. The van der Waals surface area contributed by atoms with Crippen molar-refractivity contribution >= 4 is 38.7 Å². The second-order valence-corrected chi connectivity index (χ2v) is 4.26. The van der Waals surface area contributed by atoms with Gasteiger partial charge >= 0.3 is 11.8 Å². The minimum absolute atomic E-state index is 0.00319. The average molecular weight is 297 g/mol.